The highest BCUT2D eigenvalue weighted by atomic mass is 19.2. The van der Waals surface area contributed by atoms with Crippen molar-refractivity contribution in [3.8, 4) is 16.9 Å². The Bertz CT molecular complexity index is 1050. The first-order chi connectivity index (χ1) is 15.0. The molecular weight excluding hydrogens is 397 g/mol. The van der Waals surface area contributed by atoms with E-state index in [0.29, 0.717) is 16.9 Å². The number of rotatable bonds is 6. The molecule has 1 fully saturated rings. The maximum atomic E-state index is 14.9. The van der Waals surface area contributed by atoms with Gasteiger partial charge in [0.05, 0.1) is 12.0 Å². The van der Waals surface area contributed by atoms with E-state index in [9.17, 15) is 13.2 Å². The van der Waals surface area contributed by atoms with Gasteiger partial charge in [0.1, 0.15) is 0 Å². The molecule has 4 rings (SSSR count). The lowest BCUT2D eigenvalue weighted by Crippen LogP contribution is -2.13. The molecule has 1 nitrogen and oxygen atoms in total. The third-order valence-electron chi connectivity index (χ3n) is 6.62. The second kappa shape index (κ2) is 9.33. The Morgan fingerprint density at radius 1 is 0.839 bits per heavy atom. The van der Waals surface area contributed by atoms with Gasteiger partial charge in [0.25, 0.3) is 0 Å². The van der Waals surface area contributed by atoms with Gasteiger partial charge in [0.2, 0.25) is 0 Å². The first-order valence-corrected chi connectivity index (χ1v) is 11.4. The van der Waals surface area contributed by atoms with Crippen LogP contribution in [0, 0.1) is 23.4 Å². The Hall–Kier alpha value is -2.49. The molecule has 0 heterocycles. The molecule has 0 saturated heterocycles. The van der Waals surface area contributed by atoms with Gasteiger partial charge in [-0.1, -0.05) is 50.1 Å². The first-order valence-electron chi connectivity index (χ1n) is 11.4. The van der Waals surface area contributed by atoms with Gasteiger partial charge in [-0.2, -0.15) is 0 Å². The van der Waals surface area contributed by atoms with Crippen LogP contribution in [-0.4, -0.2) is 6.61 Å². The fraction of sp³-hybridized carbons (Fsp3) is 0.407. The van der Waals surface area contributed by atoms with Gasteiger partial charge in [-0.05, 0) is 73.1 Å². The van der Waals surface area contributed by atoms with Crippen LogP contribution in [0.15, 0.2) is 42.5 Å². The SMILES string of the molecule is CCC[C@H]1CC[C@H](c2ccc(-c3cc4ccc(OCC)c(F)c4c(F)c3F)cc2)CC1. The van der Waals surface area contributed by atoms with E-state index in [1.165, 1.54) is 56.2 Å². The van der Waals surface area contributed by atoms with E-state index in [4.69, 9.17) is 4.74 Å². The lowest BCUT2D eigenvalue weighted by molar-refractivity contribution is 0.308. The van der Waals surface area contributed by atoms with Crippen molar-refractivity contribution in [1.82, 2.24) is 0 Å². The zero-order valence-electron chi connectivity index (χ0n) is 18.2. The van der Waals surface area contributed by atoms with E-state index in [-0.39, 0.29) is 23.3 Å². The lowest BCUT2D eigenvalue weighted by Gasteiger charge is -2.28. The number of hydrogen-bond donors (Lipinski definition) is 0. The fourth-order valence-electron chi connectivity index (χ4n) is 4.97. The minimum atomic E-state index is -1.18. The molecule has 1 saturated carbocycles. The standard InChI is InChI=1S/C27H29F3O/c1-3-5-17-6-8-18(9-7-17)19-10-12-20(13-11-19)22-16-21-14-15-23(31-4-2)26(29)24(21)27(30)25(22)28/h10-18H,3-9H2,1-2H3/t17-,18-. The van der Waals surface area contributed by atoms with Gasteiger partial charge in [-0.3, -0.25) is 0 Å². The molecular formula is C27H29F3O. The molecule has 4 heteroatoms. The first kappa shape index (κ1) is 21.7. The van der Waals surface area contributed by atoms with Crippen LogP contribution in [0.2, 0.25) is 0 Å². The van der Waals surface area contributed by atoms with Crippen molar-refractivity contribution < 1.29 is 17.9 Å². The average Bonchev–Trinajstić information content (AvgIpc) is 2.79. The maximum absolute atomic E-state index is 14.9. The second-order valence-corrected chi connectivity index (χ2v) is 8.59. The van der Waals surface area contributed by atoms with Crippen LogP contribution >= 0.6 is 0 Å². The Morgan fingerprint density at radius 3 is 2.19 bits per heavy atom. The van der Waals surface area contributed by atoms with Crippen molar-refractivity contribution in [2.24, 2.45) is 5.92 Å². The smallest absolute Gasteiger partial charge is 0.175 e. The quantitative estimate of drug-likeness (QED) is 0.384. The molecule has 31 heavy (non-hydrogen) atoms. The minimum absolute atomic E-state index is 0.0703. The van der Waals surface area contributed by atoms with Gasteiger partial charge < -0.3 is 4.74 Å². The molecule has 1 aliphatic carbocycles. The molecule has 0 aromatic heterocycles. The van der Waals surface area contributed by atoms with Crippen LogP contribution in [0.25, 0.3) is 21.9 Å². The number of ether oxygens (including phenoxy) is 1. The molecule has 0 aliphatic heterocycles. The van der Waals surface area contributed by atoms with Crippen molar-refractivity contribution in [1.29, 1.82) is 0 Å². The van der Waals surface area contributed by atoms with Gasteiger partial charge >= 0.3 is 0 Å². The van der Waals surface area contributed by atoms with E-state index in [1.54, 1.807) is 13.0 Å². The Labute approximate surface area is 182 Å². The van der Waals surface area contributed by atoms with Gasteiger partial charge in [-0.25, -0.2) is 13.2 Å². The van der Waals surface area contributed by atoms with Crippen LogP contribution in [-0.2, 0) is 0 Å². The molecule has 0 amide bonds. The molecule has 3 aromatic rings. The highest BCUT2D eigenvalue weighted by Gasteiger charge is 2.23. The number of halogens is 3. The Kier molecular flexibility index (Phi) is 6.54. The molecule has 164 valence electrons. The maximum Gasteiger partial charge on any atom is 0.175 e. The zero-order chi connectivity index (χ0) is 22.0. The predicted octanol–water partition coefficient (Wildman–Crippen LogP) is 8.40. The third-order valence-corrected chi connectivity index (χ3v) is 6.62. The van der Waals surface area contributed by atoms with E-state index < -0.39 is 17.5 Å². The highest BCUT2D eigenvalue weighted by molar-refractivity contribution is 5.90. The van der Waals surface area contributed by atoms with Crippen molar-refractivity contribution in [3.05, 3.63) is 65.5 Å². The molecule has 1 aliphatic rings. The van der Waals surface area contributed by atoms with Crippen LogP contribution in [0.3, 0.4) is 0 Å². The topological polar surface area (TPSA) is 9.23 Å². The Balaban J connectivity index is 1.62. The van der Waals surface area contributed by atoms with Crippen molar-refractivity contribution in [3.63, 3.8) is 0 Å². The normalized spacial score (nSPS) is 19.0. The monoisotopic (exact) mass is 426 g/mol. The lowest BCUT2D eigenvalue weighted by atomic mass is 9.77. The van der Waals surface area contributed by atoms with E-state index in [1.807, 2.05) is 24.3 Å². The molecule has 0 spiro atoms. The summed E-state index contributed by atoms with van der Waals surface area (Å²) < 4.78 is 49.5. The summed E-state index contributed by atoms with van der Waals surface area (Å²) in [6.07, 6.45) is 7.45. The number of hydrogen-bond acceptors (Lipinski definition) is 1. The average molecular weight is 427 g/mol. The van der Waals surface area contributed by atoms with Crippen LogP contribution in [0.1, 0.15) is 63.9 Å². The molecule has 0 N–H and O–H groups in total. The predicted molar refractivity (Wildman–Crippen MR) is 120 cm³/mol. The fourth-order valence-corrected chi connectivity index (χ4v) is 4.97. The zero-order valence-corrected chi connectivity index (χ0v) is 18.2. The summed E-state index contributed by atoms with van der Waals surface area (Å²) in [5, 5.41) is -0.0548. The van der Waals surface area contributed by atoms with Crippen molar-refractivity contribution in [2.75, 3.05) is 6.61 Å². The molecule has 0 radical (unpaired) electrons. The summed E-state index contributed by atoms with van der Waals surface area (Å²) in [7, 11) is 0. The van der Waals surface area contributed by atoms with E-state index in [2.05, 4.69) is 6.92 Å². The third kappa shape index (κ3) is 4.30. The van der Waals surface area contributed by atoms with E-state index in [0.717, 1.165) is 5.92 Å². The van der Waals surface area contributed by atoms with Crippen LogP contribution in [0.5, 0.6) is 5.75 Å². The largest absolute Gasteiger partial charge is 0.491 e. The van der Waals surface area contributed by atoms with Crippen molar-refractivity contribution in [2.45, 2.75) is 58.3 Å². The minimum Gasteiger partial charge on any atom is -0.491 e. The molecule has 3 aromatic carbocycles. The van der Waals surface area contributed by atoms with Crippen LogP contribution < -0.4 is 4.74 Å². The van der Waals surface area contributed by atoms with Crippen molar-refractivity contribution >= 4 is 10.8 Å². The summed E-state index contributed by atoms with van der Waals surface area (Å²) in [6.45, 7) is 4.20. The number of fused-ring (bicyclic) bond motifs is 1. The van der Waals surface area contributed by atoms with Crippen LogP contribution in [0.4, 0.5) is 13.2 Å². The molecule has 0 bridgehead atoms. The molecule has 0 atom stereocenters. The summed E-state index contributed by atoms with van der Waals surface area (Å²) in [5.41, 5.74) is 2.00. The van der Waals surface area contributed by atoms with Gasteiger partial charge in [0, 0.05) is 5.56 Å². The number of benzene rings is 3. The highest BCUT2D eigenvalue weighted by Crippen LogP contribution is 2.39. The summed E-state index contributed by atoms with van der Waals surface area (Å²) in [4.78, 5) is 0. The summed E-state index contributed by atoms with van der Waals surface area (Å²) in [6, 6.07) is 12.3. The van der Waals surface area contributed by atoms with Gasteiger partial charge in [-0.15, -0.1) is 0 Å². The summed E-state index contributed by atoms with van der Waals surface area (Å²) in [5.74, 6) is -1.77. The molecule has 0 unspecified atom stereocenters. The van der Waals surface area contributed by atoms with E-state index >= 15 is 0 Å². The Morgan fingerprint density at radius 2 is 1.55 bits per heavy atom. The second-order valence-electron chi connectivity index (χ2n) is 8.59. The van der Waals surface area contributed by atoms with Gasteiger partial charge in [0.15, 0.2) is 23.2 Å². The summed E-state index contributed by atoms with van der Waals surface area (Å²) >= 11 is 0.